The van der Waals surface area contributed by atoms with E-state index in [1.807, 2.05) is 13.0 Å². The molecule has 0 fully saturated rings. The molecule has 2 aromatic rings. The summed E-state index contributed by atoms with van der Waals surface area (Å²) in [6.45, 7) is 2.47. The van der Waals surface area contributed by atoms with E-state index in [1.54, 1.807) is 26.3 Å². The van der Waals surface area contributed by atoms with Crippen LogP contribution in [0.4, 0.5) is 0 Å². The molecule has 0 bridgehead atoms. The van der Waals surface area contributed by atoms with Crippen molar-refractivity contribution in [2.45, 2.75) is 19.8 Å². The van der Waals surface area contributed by atoms with Crippen LogP contribution in [-0.4, -0.2) is 36.8 Å². The zero-order chi connectivity index (χ0) is 15.9. The second-order valence-electron chi connectivity index (χ2n) is 4.48. The van der Waals surface area contributed by atoms with Gasteiger partial charge in [-0.05, 0) is 25.1 Å². The zero-order valence-electron chi connectivity index (χ0n) is 12.9. The van der Waals surface area contributed by atoms with Crippen molar-refractivity contribution in [3.8, 4) is 22.9 Å². The highest BCUT2D eigenvalue weighted by molar-refractivity contribution is 5.75. The molecule has 22 heavy (non-hydrogen) atoms. The van der Waals surface area contributed by atoms with Crippen LogP contribution in [-0.2, 0) is 11.2 Å². The first kappa shape index (κ1) is 15.8. The second kappa shape index (κ2) is 7.44. The first-order valence-electron chi connectivity index (χ1n) is 7.02. The highest BCUT2D eigenvalue weighted by Gasteiger charge is 2.13. The van der Waals surface area contributed by atoms with Crippen LogP contribution in [0.3, 0.4) is 0 Å². The number of aromatic nitrogens is 2. The van der Waals surface area contributed by atoms with Crippen molar-refractivity contribution >= 4 is 5.91 Å². The fraction of sp³-hybridized carbons (Fsp3) is 0.400. The Hall–Kier alpha value is -2.57. The molecule has 2 rings (SSSR count). The van der Waals surface area contributed by atoms with Gasteiger partial charge < -0.3 is 19.3 Å². The quantitative estimate of drug-likeness (QED) is 0.839. The summed E-state index contributed by atoms with van der Waals surface area (Å²) < 4.78 is 15.9. The minimum atomic E-state index is -0.0671. The van der Waals surface area contributed by atoms with E-state index < -0.39 is 0 Å². The normalized spacial score (nSPS) is 10.3. The summed E-state index contributed by atoms with van der Waals surface area (Å²) >= 11 is 0. The van der Waals surface area contributed by atoms with Gasteiger partial charge in [-0.3, -0.25) is 4.79 Å². The maximum absolute atomic E-state index is 11.2. The maximum Gasteiger partial charge on any atom is 0.227 e. The summed E-state index contributed by atoms with van der Waals surface area (Å²) in [4.78, 5) is 15.5. The lowest BCUT2D eigenvalue weighted by Crippen LogP contribution is -2.17. The molecule has 7 nitrogen and oxygen atoms in total. The summed E-state index contributed by atoms with van der Waals surface area (Å²) in [6, 6.07) is 5.43. The monoisotopic (exact) mass is 305 g/mol. The van der Waals surface area contributed by atoms with Gasteiger partial charge in [-0.25, -0.2) is 0 Å². The van der Waals surface area contributed by atoms with Crippen LogP contribution < -0.4 is 14.8 Å². The Bertz CT molecular complexity index is 639. The zero-order valence-corrected chi connectivity index (χ0v) is 12.9. The number of rotatable bonds is 7. The molecule has 0 aliphatic carbocycles. The van der Waals surface area contributed by atoms with Gasteiger partial charge in [0.2, 0.25) is 17.6 Å². The molecule has 0 radical (unpaired) electrons. The first-order chi connectivity index (χ1) is 10.7. The Labute approximate surface area is 128 Å². The van der Waals surface area contributed by atoms with Crippen molar-refractivity contribution in [1.29, 1.82) is 0 Å². The molecule has 0 unspecified atom stereocenters. The summed E-state index contributed by atoms with van der Waals surface area (Å²) in [5, 5.41) is 6.47. The largest absolute Gasteiger partial charge is 0.493 e. The van der Waals surface area contributed by atoms with E-state index in [4.69, 9.17) is 14.0 Å². The molecule has 0 aliphatic heterocycles. The number of carbonyl (C=O) groups is 1. The molecule has 1 aromatic heterocycles. The summed E-state index contributed by atoms with van der Waals surface area (Å²) in [5.74, 6) is 2.08. The van der Waals surface area contributed by atoms with E-state index in [2.05, 4.69) is 15.5 Å². The van der Waals surface area contributed by atoms with Gasteiger partial charge >= 0.3 is 0 Å². The Morgan fingerprint density at radius 1 is 1.36 bits per heavy atom. The Morgan fingerprint density at radius 3 is 2.86 bits per heavy atom. The average Bonchev–Trinajstić information content (AvgIpc) is 3.02. The molecule has 1 heterocycles. The Kier molecular flexibility index (Phi) is 5.35. The lowest BCUT2D eigenvalue weighted by Gasteiger charge is -2.09. The van der Waals surface area contributed by atoms with Gasteiger partial charge in [0.25, 0.3) is 0 Å². The van der Waals surface area contributed by atoms with Crippen molar-refractivity contribution in [3.05, 3.63) is 24.1 Å². The molecule has 1 amide bonds. The fourth-order valence-electron chi connectivity index (χ4n) is 1.90. The molecular weight excluding hydrogens is 286 g/mol. The van der Waals surface area contributed by atoms with Crippen molar-refractivity contribution in [2.24, 2.45) is 0 Å². The average molecular weight is 305 g/mol. The number of nitrogens with zero attached hydrogens (tertiary/aromatic N) is 2. The molecular formula is C15H19N3O4. The van der Waals surface area contributed by atoms with Crippen LogP contribution in [0.15, 0.2) is 22.7 Å². The topological polar surface area (TPSA) is 86.5 Å². The van der Waals surface area contributed by atoms with Gasteiger partial charge in [0, 0.05) is 25.5 Å². The SMILES string of the molecule is CCOc1ccc(-c2noc(CCC(=O)NC)n2)cc1OC. The number of benzene rings is 1. The number of methoxy groups -OCH3 is 1. The number of hydrogen-bond donors (Lipinski definition) is 1. The molecule has 0 saturated carbocycles. The predicted molar refractivity (Wildman–Crippen MR) is 79.8 cm³/mol. The van der Waals surface area contributed by atoms with Crippen molar-refractivity contribution in [3.63, 3.8) is 0 Å². The van der Waals surface area contributed by atoms with E-state index in [1.165, 1.54) is 0 Å². The second-order valence-corrected chi connectivity index (χ2v) is 4.48. The molecule has 0 saturated heterocycles. The number of carbonyl (C=O) groups excluding carboxylic acids is 1. The van der Waals surface area contributed by atoms with Crippen LogP contribution in [0.25, 0.3) is 11.4 Å². The van der Waals surface area contributed by atoms with Crippen LogP contribution in [0.5, 0.6) is 11.5 Å². The standard InChI is InChI=1S/C15H19N3O4/c1-4-21-11-6-5-10(9-12(11)20-3)15-17-14(22-18-15)8-7-13(19)16-2/h5-6,9H,4,7-8H2,1-3H3,(H,16,19). The third-order valence-corrected chi connectivity index (χ3v) is 3.03. The molecule has 0 aliphatic rings. The van der Waals surface area contributed by atoms with Gasteiger partial charge in [-0.1, -0.05) is 5.16 Å². The van der Waals surface area contributed by atoms with Crippen LogP contribution in [0, 0.1) is 0 Å². The van der Waals surface area contributed by atoms with E-state index in [0.29, 0.717) is 42.7 Å². The molecule has 0 spiro atoms. The number of hydrogen-bond acceptors (Lipinski definition) is 6. The van der Waals surface area contributed by atoms with Gasteiger partial charge in [-0.2, -0.15) is 4.98 Å². The predicted octanol–water partition coefficient (Wildman–Crippen LogP) is 1.82. The summed E-state index contributed by atoms with van der Waals surface area (Å²) in [6.07, 6.45) is 0.714. The number of aryl methyl sites for hydroxylation is 1. The minimum absolute atomic E-state index is 0.0671. The van der Waals surface area contributed by atoms with Crippen molar-refractivity contribution in [1.82, 2.24) is 15.5 Å². The van der Waals surface area contributed by atoms with Crippen LogP contribution >= 0.6 is 0 Å². The first-order valence-corrected chi connectivity index (χ1v) is 7.02. The molecule has 1 N–H and O–H groups in total. The maximum atomic E-state index is 11.2. The number of ether oxygens (including phenoxy) is 2. The van der Waals surface area contributed by atoms with Gasteiger partial charge in [-0.15, -0.1) is 0 Å². The summed E-state index contributed by atoms with van der Waals surface area (Å²) in [7, 11) is 3.17. The highest BCUT2D eigenvalue weighted by Crippen LogP contribution is 2.31. The molecule has 0 atom stereocenters. The fourth-order valence-corrected chi connectivity index (χ4v) is 1.90. The van der Waals surface area contributed by atoms with Gasteiger partial charge in [0.15, 0.2) is 11.5 Å². The highest BCUT2D eigenvalue weighted by atomic mass is 16.5. The van der Waals surface area contributed by atoms with Crippen LogP contribution in [0.2, 0.25) is 0 Å². The number of nitrogens with one attached hydrogen (secondary N) is 1. The van der Waals surface area contributed by atoms with E-state index in [9.17, 15) is 4.79 Å². The molecule has 118 valence electrons. The van der Waals surface area contributed by atoms with Gasteiger partial charge in [0.1, 0.15) is 0 Å². The third kappa shape index (κ3) is 3.75. The van der Waals surface area contributed by atoms with E-state index in [0.717, 1.165) is 5.56 Å². The molecule has 1 aromatic carbocycles. The van der Waals surface area contributed by atoms with E-state index >= 15 is 0 Å². The lowest BCUT2D eigenvalue weighted by molar-refractivity contribution is -0.120. The lowest BCUT2D eigenvalue weighted by atomic mass is 10.2. The smallest absolute Gasteiger partial charge is 0.227 e. The van der Waals surface area contributed by atoms with Crippen molar-refractivity contribution in [2.75, 3.05) is 20.8 Å². The number of amides is 1. The molecule has 7 heteroatoms. The Morgan fingerprint density at radius 2 is 2.18 bits per heavy atom. The van der Waals surface area contributed by atoms with E-state index in [-0.39, 0.29) is 5.91 Å². The van der Waals surface area contributed by atoms with Crippen molar-refractivity contribution < 1.29 is 18.8 Å². The van der Waals surface area contributed by atoms with Crippen LogP contribution in [0.1, 0.15) is 19.2 Å². The summed E-state index contributed by atoms with van der Waals surface area (Å²) in [5.41, 5.74) is 0.759. The third-order valence-electron chi connectivity index (χ3n) is 3.03. The van der Waals surface area contributed by atoms with Gasteiger partial charge in [0.05, 0.1) is 13.7 Å². The minimum Gasteiger partial charge on any atom is -0.493 e. The Balaban J connectivity index is 2.14.